The lowest BCUT2D eigenvalue weighted by Crippen LogP contribution is -2.32. The Hall–Kier alpha value is -5.36. The van der Waals surface area contributed by atoms with Gasteiger partial charge in [-0.05, 0) is 69.6 Å². The summed E-state index contributed by atoms with van der Waals surface area (Å²) in [4.78, 5) is 36.0. The number of aromatic amines is 1. The van der Waals surface area contributed by atoms with Crippen LogP contribution in [0.2, 0.25) is 0 Å². The third-order valence-corrected chi connectivity index (χ3v) is 6.12. The third kappa shape index (κ3) is 5.71. The first-order valence-electron chi connectivity index (χ1n) is 12.2. The first kappa shape index (κ1) is 26.3. The zero-order valence-electron chi connectivity index (χ0n) is 21.3. The molecule has 0 fully saturated rings. The molecule has 1 amide bonds. The molecule has 0 bridgehead atoms. The van der Waals surface area contributed by atoms with Gasteiger partial charge in [-0.3, -0.25) is 14.4 Å². The molecule has 5 aromatic rings. The predicted octanol–water partition coefficient (Wildman–Crippen LogP) is 2.53. The largest absolute Gasteiger partial charge is 0.502 e. The number of anilines is 2. The SMILES string of the molecule is COCCOc1ccc(CNC(=O)c2ccc(-c3cc(Nc4c(O)c(=O)c4=O)cc(-c4nnn[nH]4)c3)cc2)cc1. The summed E-state index contributed by atoms with van der Waals surface area (Å²) < 4.78 is 10.5. The molecule has 0 spiro atoms. The number of aromatic hydroxyl groups is 1. The molecule has 0 radical (unpaired) electrons. The number of nitrogens with zero attached hydrogens (tertiary/aromatic N) is 3. The van der Waals surface area contributed by atoms with Crippen LogP contribution in [0.5, 0.6) is 11.5 Å². The van der Waals surface area contributed by atoms with Crippen molar-refractivity contribution in [2.24, 2.45) is 0 Å². The van der Waals surface area contributed by atoms with Crippen LogP contribution in [0.4, 0.5) is 11.4 Å². The van der Waals surface area contributed by atoms with Crippen molar-refractivity contribution < 1.29 is 19.4 Å². The van der Waals surface area contributed by atoms with Gasteiger partial charge in [0.05, 0.1) is 6.61 Å². The topological polar surface area (TPSA) is 168 Å². The highest BCUT2D eigenvalue weighted by atomic mass is 16.5. The molecule has 0 atom stereocenters. The molecular weight excluding hydrogens is 516 g/mol. The summed E-state index contributed by atoms with van der Waals surface area (Å²) in [6, 6.07) is 19.7. The molecule has 5 rings (SSSR count). The van der Waals surface area contributed by atoms with E-state index >= 15 is 0 Å². The molecule has 1 aromatic heterocycles. The highest BCUT2D eigenvalue weighted by Gasteiger charge is 2.20. The summed E-state index contributed by atoms with van der Waals surface area (Å²) in [6.45, 7) is 1.32. The summed E-state index contributed by atoms with van der Waals surface area (Å²) in [5, 5.41) is 29.3. The molecule has 12 nitrogen and oxygen atoms in total. The number of methoxy groups -OCH3 is 1. The van der Waals surface area contributed by atoms with Crippen LogP contribution in [-0.2, 0) is 11.3 Å². The Morgan fingerprint density at radius 2 is 1.68 bits per heavy atom. The molecule has 4 N–H and O–H groups in total. The van der Waals surface area contributed by atoms with Gasteiger partial charge in [0, 0.05) is 30.5 Å². The quantitative estimate of drug-likeness (QED) is 0.144. The number of carbonyl (C=O) groups excluding carboxylic acids is 1. The number of amides is 1. The second kappa shape index (κ2) is 11.6. The summed E-state index contributed by atoms with van der Waals surface area (Å²) in [6.07, 6.45) is 0. The number of benzene rings is 3. The van der Waals surface area contributed by atoms with Crippen molar-refractivity contribution in [3.63, 3.8) is 0 Å². The van der Waals surface area contributed by atoms with Crippen molar-refractivity contribution in [2.75, 3.05) is 25.6 Å². The van der Waals surface area contributed by atoms with Crippen molar-refractivity contribution in [3.8, 4) is 34.0 Å². The van der Waals surface area contributed by atoms with Gasteiger partial charge >= 0.3 is 0 Å². The van der Waals surface area contributed by atoms with E-state index in [1.165, 1.54) is 0 Å². The van der Waals surface area contributed by atoms with Crippen LogP contribution >= 0.6 is 0 Å². The highest BCUT2D eigenvalue weighted by molar-refractivity contribution is 5.94. The van der Waals surface area contributed by atoms with E-state index in [2.05, 4.69) is 31.3 Å². The average Bonchev–Trinajstić information content (AvgIpc) is 3.54. The summed E-state index contributed by atoms with van der Waals surface area (Å²) in [5.74, 6) is 0.266. The first-order valence-corrected chi connectivity index (χ1v) is 12.2. The Labute approximate surface area is 227 Å². The Kier molecular flexibility index (Phi) is 7.60. The maximum atomic E-state index is 12.7. The lowest BCUT2D eigenvalue weighted by atomic mass is 10.00. The van der Waals surface area contributed by atoms with Crippen molar-refractivity contribution in [2.45, 2.75) is 6.54 Å². The smallest absolute Gasteiger partial charge is 0.271 e. The number of carbonyl (C=O) groups is 1. The molecule has 0 saturated carbocycles. The van der Waals surface area contributed by atoms with E-state index in [-0.39, 0.29) is 11.6 Å². The van der Waals surface area contributed by atoms with E-state index < -0.39 is 16.6 Å². The van der Waals surface area contributed by atoms with Crippen molar-refractivity contribution in [1.29, 1.82) is 0 Å². The van der Waals surface area contributed by atoms with Crippen molar-refractivity contribution in [1.82, 2.24) is 25.9 Å². The lowest BCUT2D eigenvalue weighted by molar-refractivity contribution is 0.0951. The van der Waals surface area contributed by atoms with Crippen molar-refractivity contribution >= 4 is 17.3 Å². The molecule has 1 heterocycles. The number of H-pyrrole nitrogens is 1. The van der Waals surface area contributed by atoms with Crippen molar-refractivity contribution in [3.05, 3.63) is 98.3 Å². The Morgan fingerprint density at radius 1 is 0.925 bits per heavy atom. The molecule has 202 valence electrons. The standard InChI is InChI=1S/C28H24N6O6/c1-39-10-11-40-22-8-2-16(3-9-22)15-29-28(38)18-6-4-17(5-7-18)19-12-20(27-31-33-34-32-27)14-21(13-19)30-23-24(35)26(37)25(23)36/h2-9,12-14,30,35H,10-11,15H2,1H3,(H,29,38)(H,31,32,33,34). The Morgan fingerprint density at radius 3 is 2.35 bits per heavy atom. The fraction of sp³-hybridized carbons (Fsp3) is 0.143. The summed E-state index contributed by atoms with van der Waals surface area (Å²) in [7, 11) is 1.61. The number of hydrogen-bond acceptors (Lipinski definition) is 10. The minimum atomic E-state index is -0.934. The maximum absolute atomic E-state index is 12.7. The molecular formula is C28H24N6O6. The van der Waals surface area contributed by atoms with Crippen LogP contribution in [-0.4, -0.2) is 52.0 Å². The number of hydrogen-bond donors (Lipinski definition) is 4. The first-order chi connectivity index (χ1) is 19.4. The molecule has 0 aliphatic carbocycles. The molecule has 0 aliphatic heterocycles. The minimum absolute atomic E-state index is 0.177. The maximum Gasteiger partial charge on any atom is 0.271 e. The minimum Gasteiger partial charge on any atom is -0.502 e. The molecule has 40 heavy (non-hydrogen) atoms. The van der Waals surface area contributed by atoms with Gasteiger partial charge in [-0.15, -0.1) is 5.10 Å². The van der Waals surface area contributed by atoms with Gasteiger partial charge in [-0.2, -0.15) is 0 Å². The monoisotopic (exact) mass is 540 g/mol. The van der Waals surface area contributed by atoms with Gasteiger partial charge in [0.2, 0.25) is 0 Å². The van der Waals surface area contributed by atoms with Crippen LogP contribution in [0.1, 0.15) is 15.9 Å². The Balaban J connectivity index is 1.29. The van der Waals surface area contributed by atoms with E-state index in [4.69, 9.17) is 9.47 Å². The average molecular weight is 541 g/mol. The van der Waals surface area contributed by atoms with Gasteiger partial charge in [-0.25, -0.2) is 5.10 Å². The third-order valence-electron chi connectivity index (χ3n) is 6.12. The van der Waals surface area contributed by atoms with Crippen LogP contribution in [0, 0.1) is 0 Å². The second-order valence-corrected chi connectivity index (χ2v) is 8.80. The zero-order chi connectivity index (χ0) is 28.1. The molecule has 4 aromatic carbocycles. The van der Waals surface area contributed by atoms with Crippen LogP contribution in [0.15, 0.2) is 76.3 Å². The fourth-order valence-electron chi connectivity index (χ4n) is 3.97. The van der Waals surface area contributed by atoms with Gasteiger partial charge in [0.1, 0.15) is 18.0 Å². The van der Waals surface area contributed by atoms with Gasteiger partial charge in [0.25, 0.3) is 16.8 Å². The van der Waals surface area contributed by atoms with E-state index in [1.54, 1.807) is 43.5 Å². The van der Waals surface area contributed by atoms with E-state index in [1.807, 2.05) is 30.3 Å². The molecule has 12 heteroatoms. The normalized spacial score (nSPS) is 10.9. The van der Waals surface area contributed by atoms with E-state index in [0.29, 0.717) is 48.0 Å². The molecule has 0 saturated heterocycles. The van der Waals surface area contributed by atoms with Crippen LogP contribution < -0.4 is 26.2 Å². The summed E-state index contributed by atoms with van der Waals surface area (Å²) in [5.41, 5.74) is 2.01. The summed E-state index contributed by atoms with van der Waals surface area (Å²) >= 11 is 0. The zero-order valence-corrected chi connectivity index (χ0v) is 21.3. The molecule has 0 unspecified atom stereocenters. The molecule has 0 aliphatic rings. The van der Waals surface area contributed by atoms with E-state index in [0.717, 1.165) is 16.9 Å². The lowest BCUT2D eigenvalue weighted by Gasteiger charge is -2.13. The van der Waals surface area contributed by atoms with Gasteiger partial charge in [0.15, 0.2) is 11.6 Å². The number of aromatic nitrogens is 4. The number of nitrogens with one attached hydrogen (secondary N) is 3. The highest BCUT2D eigenvalue weighted by Crippen LogP contribution is 2.31. The second-order valence-electron chi connectivity index (χ2n) is 8.80. The van der Waals surface area contributed by atoms with Gasteiger partial charge in [-0.1, -0.05) is 24.3 Å². The fourth-order valence-corrected chi connectivity index (χ4v) is 3.97. The van der Waals surface area contributed by atoms with Crippen LogP contribution in [0.3, 0.4) is 0 Å². The number of rotatable bonds is 11. The number of tetrazole rings is 1. The Bertz CT molecular complexity index is 1690. The van der Waals surface area contributed by atoms with Gasteiger partial charge < -0.3 is 25.2 Å². The predicted molar refractivity (Wildman–Crippen MR) is 146 cm³/mol. The van der Waals surface area contributed by atoms with E-state index in [9.17, 15) is 19.5 Å². The van der Waals surface area contributed by atoms with Crippen LogP contribution in [0.25, 0.3) is 22.5 Å². The number of ether oxygens (including phenoxy) is 2.